The van der Waals surface area contributed by atoms with Gasteiger partial charge in [0, 0.05) is 12.2 Å². The van der Waals surface area contributed by atoms with Crippen LogP contribution in [0.4, 0.5) is 4.79 Å². The van der Waals surface area contributed by atoms with Crippen molar-refractivity contribution >= 4 is 18.0 Å². The Bertz CT molecular complexity index is 300. The maximum absolute atomic E-state index is 11.0. The lowest BCUT2D eigenvalue weighted by atomic mass is 10.4. The highest BCUT2D eigenvalue weighted by molar-refractivity contribution is 5.91. The third-order valence-corrected chi connectivity index (χ3v) is 1.42. The summed E-state index contributed by atoms with van der Waals surface area (Å²) in [6.45, 7) is 1.58. The molecule has 0 aromatic heterocycles. The molecule has 90 valence electrons. The van der Waals surface area contributed by atoms with E-state index in [4.69, 9.17) is 10.5 Å². The van der Waals surface area contributed by atoms with Crippen molar-refractivity contribution in [3.8, 4) is 0 Å². The van der Waals surface area contributed by atoms with Crippen LogP contribution in [0.15, 0.2) is 12.2 Å². The van der Waals surface area contributed by atoms with Crippen molar-refractivity contribution in [1.82, 2.24) is 5.32 Å². The maximum Gasteiger partial charge on any atom is 0.331 e. The molecule has 0 rings (SSSR count). The van der Waals surface area contributed by atoms with Gasteiger partial charge in [-0.05, 0) is 6.92 Å². The molecule has 0 unspecified atom stereocenters. The van der Waals surface area contributed by atoms with Crippen LogP contribution in [-0.2, 0) is 19.1 Å². The van der Waals surface area contributed by atoms with Crippen LogP contribution >= 0.6 is 0 Å². The first-order valence-electron chi connectivity index (χ1n) is 4.44. The lowest BCUT2D eigenvalue weighted by Crippen LogP contribution is -2.39. The fraction of sp³-hybridized carbons (Fsp3) is 0.444. The van der Waals surface area contributed by atoms with Crippen LogP contribution in [0, 0.1) is 0 Å². The number of nitrogens with one attached hydrogen (secondary N) is 1. The van der Waals surface area contributed by atoms with E-state index < -0.39 is 24.0 Å². The predicted molar refractivity (Wildman–Crippen MR) is 54.3 cm³/mol. The van der Waals surface area contributed by atoms with E-state index in [1.807, 2.05) is 0 Å². The summed E-state index contributed by atoms with van der Waals surface area (Å²) in [5.41, 5.74) is 4.85. The first-order chi connectivity index (χ1) is 7.45. The number of carbonyl (C=O) groups excluding carboxylic acids is 3. The highest BCUT2D eigenvalue weighted by atomic mass is 16.5. The fourth-order valence-electron chi connectivity index (χ4n) is 0.744. The molecule has 0 aromatic carbocycles. The molecule has 7 nitrogen and oxygen atoms in total. The van der Waals surface area contributed by atoms with E-state index in [0.717, 1.165) is 12.2 Å². The molecule has 0 spiro atoms. The van der Waals surface area contributed by atoms with Gasteiger partial charge in [0.2, 0.25) is 0 Å². The Labute approximate surface area is 92.6 Å². The van der Waals surface area contributed by atoms with Gasteiger partial charge in [-0.15, -0.1) is 0 Å². The molecular formula is C9H14N2O5. The minimum Gasteiger partial charge on any atom is -0.466 e. The second kappa shape index (κ2) is 7.27. The van der Waals surface area contributed by atoms with Gasteiger partial charge < -0.3 is 20.5 Å². The first-order valence-corrected chi connectivity index (χ1v) is 4.44. The van der Waals surface area contributed by atoms with E-state index in [-0.39, 0.29) is 6.61 Å². The summed E-state index contributed by atoms with van der Waals surface area (Å²) in [4.78, 5) is 32.0. The van der Waals surface area contributed by atoms with Gasteiger partial charge >= 0.3 is 18.0 Å². The Morgan fingerprint density at radius 1 is 1.31 bits per heavy atom. The lowest BCUT2D eigenvalue weighted by Gasteiger charge is -2.10. The molecule has 7 heteroatoms. The second-order valence-corrected chi connectivity index (χ2v) is 2.90. The zero-order chi connectivity index (χ0) is 12.6. The van der Waals surface area contributed by atoms with Crippen molar-refractivity contribution in [1.29, 1.82) is 0 Å². The molecule has 2 amide bonds. The summed E-state index contributed by atoms with van der Waals surface area (Å²) in [5.74, 6) is -1.36. The van der Waals surface area contributed by atoms with Crippen molar-refractivity contribution in [3.05, 3.63) is 12.2 Å². The fourth-order valence-corrected chi connectivity index (χ4v) is 0.744. The normalized spacial score (nSPS) is 11.9. The SMILES string of the molecule is COC(=O)/C=C/C(=O)OC[C@H](C)NC(N)=O. The quantitative estimate of drug-likeness (QED) is 0.480. The van der Waals surface area contributed by atoms with Crippen molar-refractivity contribution in [2.45, 2.75) is 13.0 Å². The van der Waals surface area contributed by atoms with E-state index >= 15 is 0 Å². The van der Waals surface area contributed by atoms with Gasteiger partial charge in [0.1, 0.15) is 6.61 Å². The molecule has 0 aliphatic carbocycles. The Kier molecular flexibility index (Phi) is 6.34. The first kappa shape index (κ1) is 13.9. The molecule has 0 aliphatic heterocycles. The Morgan fingerprint density at radius 3 is 2.38 bits per heavy atom. The third-order valence-electron chi connectivity index (χ3n) is 1.42. The van der Waals surface area contributed by atoms with Crippen LogP contribution < -0.4 is 11.1 Å². The van der Waals surface area contributed by atoms with Crippen LogP contribution in [0.5, 0.6) is 0 Å². The molecular weight excluding hydrogens is 216 g/mol. The molecule has 0 radical (unpaired) electrons. The predicted octanol–water partition coefficient (Wildman–Crippen LogP) is -0.684. The van der Waals surface area contributed by atoms with Crippen molar-refractivity contribution in [2.24, 2.45) is 5.73 Å². The Hall–Kier alpha value is -2.05. The van der Waals surface area contributed by atoms with Gasteiger partial charge in [-0.3, -0.25) is 0 Å². The third kappa shape index (κ3) is 7.36. The molecule has 0 fully saturated rings. The standard InChI is InChI=1S/C9H14N2O5/c1-6(11-9(10)14)5-16-8(13)4-3-7(12)15-2/h3-4,6H,5H2,1-2H3,(H3,10,11,14)/b4-3+/t6-/m0/s1. The van der Waals surface area contributed by atoms with Crippen molar-refractivity contribution in [3.63, 3.8) is 0 Å². The molecule has 0 saturated carbocycles. The number of esters is 2. The van der Waals surface area contributed by atoms with E-state index in [2.05, 4.69) is 10.1 Å². The summed E-state index contributed by atoms with van der Waals surface area (Å²) in [6.07, 6.45) is 1.87. The van der Waals surface area contributed by atoms with Crippen LogP contribution in [0.1, 0.15) is 6.92 Å². The minimum atomic E-state index is -0.705. The largest absolute Gasteiger partial charge is 0.466 e. The topological polar surface area (TPSA) is 108 Å². The molecule has 0 bridgehead atoms. The Morgan fingerprint density at radius 2 is 1.88 bits per heavy atom. The van der Waals surface area contributed by atoms with Crippen LogP contribution in [0.25, 0.3) is 0 Å². The number of amides is 2. The summed E-state index contributed by atoms with van der Waals surface area (Å²) in [5, 5.41) is 2.32. The van der Waals surface area contributed by atoms with Gasteiger partial charge in [0.15, 0.2) is 0 Å². The van der Waals surface area contributed by atoms with Crippen molar-refractivity contribution < 1.29 is 23.9 Å². The number of carbonyl (C=O) groups is 3. The number of primary amides is 1. The molecule has 0 heterocycles. The molecule has 0 saturated heterocycles. The van der Waals surface area contributed by atoms with E-state index in [9.17, 15) is 14.4 Å². The second-order valence-electron chi connectivity index (χ2n) is 2.90. The summed E-state index contributed by atoms with van der Waals surface area (Å²) >= 11 is 0. The van der Waals surface area contributed by atoms with Gasteiger partial charge in [-0.2, -0.15) is 0 Å². The van der Waals surface area contributed by atoms with Gasteiger partial charge in [-0.25, -0.2) is 14.4 Å². The number of methoxy groups -OCH3 is 1. The van der Waals surface area contributed by atoms with Gasteiger partial charge in [-0.1, -0.05) is 0 Å². The van der Waals surface area contributed by atoms with Crippen molar-refractivity contribution in [2.75, 3.05) is 13.7 Å². The van der Waals surface area contributed by atoms with Crippen LogP contribution in [0.2, 0.25) is 0 Å². The molecule has 0 aromatic rings. The lowest BCUT2D eigenvalue weighted by molar-refractivity contribution is -0.139. The van der Waals surface area contributed by atoms with Crippen LogP contribution in [-0.4, -0.2) is 37.7 Å². The maximum atomic E-state index is 11.0. The molecule has 3 N–H and O–H groups in total. The van der Waals surface area contributed by atoms with Gasteiger partial charge in [0.05, 0.1) is 13.2 Å². The molecule has 0 aliphatic rings. The summed E-state index contributed by atoms with van der Waals surface area (Å²) in [6, 6.07) is -1.10. The smallest absolute Gasteiger partial charge is 0.331 e. The monoisotopic (exact) mass is 230 g/mol. The average Bonchev–Trinajstić information content (AvgIpc) is 2.22. The zero-order valence-corrected chi connectivity index (χ0v) is 9.06. The number of urea groups is 1. The minimum absolute atomic E-state index is 0.0344. The number of hydrogen-bond donors (Lipinski definition) is 2. The Balaban J connectivity index is 3.85. The van der Waals surface area contributed by atoms with Gasteiger partial charge in [0.25, 0.3) is 0 Å². The highest BCUT2D eigenvalue weighted by Gasteiger charge is 2.06. The number of ether oxygens (including phenoxy) is 2. The summed E-state index contributed by atoms with van der Waals surface area (Å²) in [7, 11) is 1.19. The van der Waals surface area contributed by atoms with E-state index in [0.29, 0.717) is 0 Å². The number of nitrogens with two attached hydrogens (primary N) is 1. The highest BCUT2D eigenvalue weighted by Crippen LogP contribution is 1.88. The molecule has 1 atom stereocenters. The van der Waals surface area contributed by atoms with Crippen LogP contribution in [0.3, 0.4) is 0 Å². The average molecular weight is 230 g/mol. The van der Waals surface area contributed by atoms with E-state index in [1.165, 1.54) is 7.11 Å². The van der Waals surface area contributed by atoms with E-state index in [1.54, 1.807) is 6.92 Å². The molecule has 16 heavy (non-hydrogen) atoms. The number of rotatable bonds is 5. The number of hydrogen-bond acceptors (Lipinski definition) is 5. The zero-order valence-electron chi connectivity index (χ0n) is 9.06. The summed E-state index contributed by atoms with van der Waals surface area (Å²) < 4.78 is 8.97.